The lowest BCUT2D eigenvalue weighted by Gasteiger charge is -2.03. The van der Waals surface area contributed by atoms with Crippen LogP contribution in [0.2, 0.25) is 0 Å². The second-order valence-electron chi connectivity index (χ2n) is 3.74. The summed E-state index contributed by atoms with van der Waals surface area (Å²) < 4.78 is 0. The summed E-state index contributed by atoms with van der Waals surface area (Å²) in [6.45, 7) is 1.69. The topological polar surface area (TPSA) is 92.5 Å². The Morgan fingerprint density at radius 3 is 2.83 bits per heavy atom. The third-order valence-electron chi connectivity index (χ3n) is 2.12. The maximum atomic E-state index is 11.3. The number of nitrogens with zero attached hydrogens (tertiary/aromatic N) is 1. The van der Waals surface area contributed by atoms with Gasteiger partial charge < -0.3 is 10.4 Å². The Labute approximate surface area is 104 Å². The number of hydrogen-bond donors (Lipinski definition) is 2. The first-order valence-corrected chi connectivity index (χ1v) is 5.38. The van der Waals surface area contributed by atoms with Crippen LogP contribution in [0.3, 0.4) is 0 Å². The van der Waals surface area contributed by atoms with Gasteiger partial charge in [0.05, 0.1) is 16.6 Å². The highest BCUT2D eigenvalue weighted by atomic mass is 16.6. The van der Waals surface area contributed by atoms with Crippen LogP contribution in [-0.2, 0) is 4.79 Å². The zero-order valence-electron chi connectivity index (χ0n) is 9.87. The summed E-state index contributed by atoms with van der Waals surface area (Å²) in [6.07, 6.45) is 1.94. The maximum Gasteiger partial charge on any atom is 0.276 e. The Bertz CT molecular complexity index is 469. The molecular formula is C12H14N2O4. The van der Waals surface area contributed by atoms with Crippen molar-refractivity contribution in [3.8, 4) is 0 Å². The van der Waals surface area contributed by atoms with Crippen molar-refractivity contribution in [2.24, 2.45) is 0 Å². The predicted octanol–water partition coefficient (Wildman–Crippen LogP) is 1.11. The molecule has 0 aromatic heterocycles. The van der Waals surface area contributed by atoms with E-state index in [0.29, 0.717) is 5.56 Å². The molecule has 1 rings (SSSR count). The summed E-state index contributed by atoms with van der Waals surface area (Å²) >= 11 is 0. The molecule has 0 saturated heterocycles. The van der Waals surface area contributed by atoms with Gasteiger partial charge in [0.2, 0.25) is 5.91 Å². The Morgan fingerprint density at radius 1 is 1.56 bits per heavy atom. The Morgan fingerprint density at radius 2 is 2.22 bits per heavy atom. The Hall–Kier alpha value is -2.21. The monoisotopic (exact) mass is 250 g/mol. The van der Waals surface area contributed by atoms with Gasteiger partial charge in [-0.3, -0.25) is 14.9 Å². The number of nitro benzene ring substituents is 1. The number of amides is 1. The van der Waals surface area contributed by atoms with Crippen LogP contribution in [0, 0.1) is 10.1 Å². The SMILES string of the molecule is C[C@@H](O)CNC(=O)/C=C/c1ccccc1[N+](=O)[O-]. The first kappa shape index (κ1) is 13.9. The van der Waals surface area contributed by atoms with Crippen LogP contribution in [0.1, 0.15) is 12.5 Å². The quantitative estimate of drug-likeness (QED) is 0.465. The van der Waals surface area contributed by atoms with Crippen LogP contribution in [0.5, 0.6) is 0 Å². The minimum atomic E-state index is -0.631. The highest BCUT2D eigenvalue weighted by Crippen LogP contribution is 2.18. The van der Waals surface area contributed by atoms with E-state index >= 15 is 0 Å². The van der Waals surface area contributed by atoms with Crippen LogP contribution < -0.4 is 5.32 Å². The van der Waals surface area contributed by atoms with Crippen molar-refractivity contribution in [3.05, 3.63) is 46.0 Å². The van der Waals surface area contributed by atoms with Crippen LogP contribution in [-0.4, -0.2) is 28.6 Å². The van der Waals surface area contributed by atoms with Crippen molar-refractivity contribution < 1.29 is 14.8 Å². The van der Waals surface area contributed by atoms with Gasteiger partial charge in [0.1, 0.15) is 0 Å². The van der Waals surface area contributed by atoms with Crippen molar-refractivity contribution in [2.75, 3.05) is 6.54 Å². The van der Waals surface area contributed by atoms with Gasteiger partial charge in [-0.15, -0.1) is 0 Å². The number of para-hydroxylation sites is 1. The minimum Gasteiger partial charge on any atom is -0.392 e. The first-order chi connectivity index (χ1) is 8.50. The van der Waals surface area contributed by atoms with E-state index in [-0.39, 0.29) is 12.2 Å². The molecule has 0 heterocycles. The predicted molar refractivity (Wildman–Crippen MR) is 66.8 cm³/mol. The number of hydrogen-bond acceptors (Lipinski definition) is 4. The normalized spacial score (nSPS) is 12.3. The lowest BCUT2D eigenvalue weighted by molar-refractivity contribution is -0.385. The molecule has 96 valence electrons. The summed E-state index contributed by atoms with van der Waals surface area (Å²) in [7, 11) is 0. The van der Waals surface area contributed by atoms with Gasteiger partial charge in [0, 0.05) is 18.7 Å². The van der Waals surface area contributed by atoms with Crippen molar-refractivity contribution in [3.63, 3.8) is 0 Å². The molecule has 0 spiro atoms. The van der Waals surface area contributed by atoms with Crippen molar-refractivity contribution in [1.29, 1.82) is 0 Å². The van der Waals surface area contributed by atoms with Gasteiger partial charge in [-0.05, 0) is 19.1 Å². The zero-order valence-corrected chi connectivity index (χ0v) is 9.87. The number of carbonyl (C=O) groups is 1. The third kappa shape index (κ3) is 4.34. The molecular weight excluding hydrogens is 236 g/mol. The van der Waals surface area contributed by atoms with E-state index in [1.807, 2.05) is 0 Å². The molecule has 0 unspecified atom stereocenters. The van der Waals surface area contributed by atoms with Gasteiger partial charge in [-0.25, -0.2) is 0 Å². The molecule has 0 radical (unpaired) electrons. The number of aliphatic hydroxyl groups excluding tert-OH is 1. The van der Waals surface area contributed by atoms with E-state index in [1.54, 1.807) is 25.1 Å². The van der Waals surface area contributed by atoms with E-state index in [4.69, 9.17) is 5.11 Å². The molecule has 6 heteroatoms. The summed E-state index contributed by atoms with van der Waals surface area (Å²) in [5.41, 5.74) is 0.298. The second kappa shape index (κ2) is 6.51. The van der Waals surface area contributed by atoms with Gasteiger partial charge >= 0.3 is 0 Å². The molecule has 1 aromatic carbocycles. The third-order valence-corrected chi connectivity index (χ3v) is 2.12. The van der Waals surface area contributed by atoms with Crippen LogP contribution in [0.15, 0.2) is 30.3 Å². The van der Waals surface area contributed by atoms with E-state index in [2.05, 4.69) is 5.32 Å². The van der Waals surface area contributed by atoms with E-state index in [0.717, 1.165) is 0 Å². The molecule has 0 fully saturated rings. The Balaban J connectivity index is 2.72. The number of carbonyl (C=O) groups excluding carboxylic acids is 1. The summed E-state index contributed by atoms with van der Waals surface area (Å²) in [6, 6.07) is 6.13. The molecule has 18 heavy (non-hydrogen) atoms. The molecule has 0 aliphatic carbocycles. The van der Waals surface area contributed by atoms with E-state index < -0.39 is 16.9 Å². The van der Waals surface area contributed by atoms with Crippen molar-refractivity contribution in [2.45, 2.75) is 13.0 Å². The highest BCUT2D eigenvalue weighted by Gasteiger charge is 2.09. The van der Waals surface area contributed by atoms with Crippen LogP contribution in [0.25, 0.3) is 6.08 Å². The molecule has 0 aliphatic rings. The molecule has 1 atom stereocenters. The molecule has 2 N–H and O–H groups in total. The second-order valence-corrected chi connectivity index (χ2v) is 3.74. The average Bonchev–Trinajstić information content (AvgIpc) is 2.34. The number of nitro groups is 1. The summed E-state index contributed by atoms with van der Waals surface area (Å²) in [5.74, 6) is -0.408. The van der Waals surface area contributed by atoms with Crippen LogP contribution in [0.4, 0.5) is 5.69 Å². The van der Waals surface area contributed by atoms with Crippen LogP contribution >= 0.6 is 0 Å². The molecule has 1 amide bonds. The molecule has 6 nitrogen and oxygen atoms in total. The number of rotatable bonds is 5. The lowest BCUT2D eigenvalue weighted by atomic mass is 10.1. The zero-order chi connectivity index (χ0) is 13.5. The highest BCUT2D eigenvalue weighted by molar-refractivity contribution is 5.92. The fourth-order valence-electron chi connectivity index (χ4n) is 1.27. The molecule has 0 aliphatic heterocycles. The fraction of sp³-hybridized carbons (Fsp3) is 0.250. The average molecular weight is 250 g/mol. The van der Waals surface area contributed by atoms with Crippen molar-refractivity contribution >= 4 is 17.7 Å². The minimum absolute atomic E-state index is 0.0583. The fourth-order valence-corrected chi connectivity index (χ4v) is 1.27. The first-order valence-electron chi connectivity index (χ1n) is 5.38. The van der Waals surface area contributed by atoms with E-state index in [9.17, 15) is 14.9 Å². The Kier molecular flexibility index (Phi) is 5.01. The van der Waals surface area contributed by atoms with Gasteiger partial charge in [-0.2, -0.15) is 0 Å². The lowest BCUT2D eigenvalue weighted by Crippen LogP contribution is -2.28. The molecule has 1 aromatic rings. The maximum absolute atomic E-state index is 11.3. The van der Waals surface area contributed by atoms with Gasteiger partial charge in [-0.1, -0.05) is 12.1 Å². The number of aliphatic hydroxyl groups is 1. The molecule has 0 bridgehead atoms. The largest absolute Gasteiger partial charge is 0.392 e. The smallest absolute Gasteiger partial charge is 0.276 e. The molecule has 0 saturated carbocycles. The van der Waals surface area contributed by atoms with Crippen molar-refractivity contribution in [1.82, 2.24) is 5.32 Å². The number of nitrogens with one attached hydrogen (secondary N) is 1. The summed E-state index contributed by atoms with van der Waals surface area (Å²) in [5, 5.41) is 22.2. The van der Waals surface area contributed by atoms with E-state index in [1.165, 1.54) is 18.2 Å². The van der Waals surface area contributed by atoms with Gasteiger partial charge in [0.15, 0.2) is 0 Å². The number of benzene rings is 1. The van der Waals surface area contributed by atoms with Gasteiger partial charge in [0.25, 0.3) is 5.69 Å². The standard InChI is InChI=1S/C12H14N2O4/c1-9(15)8-13-12(16)7-6-10-4-2-3-5-11(10)14(17)18/h2-7,9,15H,8H2,1H3,(H,13,16)/b7-6+/t9-/m1/s1. The summed E-state index contributed by atoms with van der Waals surface area (Å²) in [4.78, 5) is 21.5.